The van der Waals surface area contributed by atoms with Gasteiger partial charge >= 0.3 is 5.97 Å². The lowest BCUT2D eigenvalue weighted by Crippen LogP contribution is -2.39. The van der Waals surface area contributed by atoms with Crippen LogP contribution in [-0.4, -0.2) is 40.9 Å². The summed E-state index contributed by atoms with van der Waals surface area (Å²) in [5.41, 5.74) is 0.530. The van der Waals surface area contributed by atoms with Crippen molar-refractivity contribution in [3.8, 4) is 0 Å². The number of rotatable bonds is 4. The van der Waals surface area contributed by atoms with Gasteiger partial charge in [-0.1, -0.05) is 26.8 Å². The fraction of sp³-hybridized carbons (Fsp3) is 0.600. The van der Waals surface area contributed by atoms with Gasteiger partial charge in [0.1, 0.15) is 0 Å². The minimum atomic E-state index is -0.710. The standard InChI is InChI=1S/C20H26N2O5/c1-13-15(6-5-7-16(13)22(25)26)18(24)27-10-17(23)21-12-20(4)9-14(21)8-19(2,3)11-20/h5-7,14H,8-12H2,1-4H3. The highest BCUT2D eigenvalue weighted by Gasteiger charge is 2.50. The fourth-order valence-corrected chi connectivity index (χ4v) is 5.08. The highest BCUT2D eigenvalue weighted by Crippen LogP contribution is 2.52. The average molecular weight is 374 g/mol. The van der Waals surface area contributed by atoms with Gasteiger partial charge in [-0.05, 0) is 43.1 Å². The number of fused-ring (bicyclic) bond motifs is 2. The molecule has 27 heavy (non-hydrogen) atoms. The molecule has 0 aromatic heterocycles. The normalized spacial score (nSPS) is 25.9. The molecule has 7 nitrogen and oxygen atoms in total. The van der Waals surface area contributed by atoms with E-state index in [0.29, 0.717) is 6.54 Å². The summed E-state index contributed by atoms with van der Waals surface area (Å²) in [5, 5.41) is 11.0. The summed E-state index contributed by atoms with van der Waals surface area (Å²) in [6.07, 6.45) is 3.01. The lowest BCUT2D eigenvalue weighted by molar-refractivity contribution is -0.385. The molecule has 146 valence electrons. The van der Waals surface area contributed by atoms with Crippen LogP contribution in [0.15, 0.2) is 18.2 Å². The third-order valence-corrected chi connectivity index (χ3v) is 5.78. The number of likely N-dealkylation sites (tertiary alicyclic amines) is 1. The van der Waals surface area contributed by atoms with Crippen LogP contribution in [-0.2, 0) is 9.53 Å². The van der Waals surface area contributed by atoms with Crippen molar-refractivity contribution >= 4 is 17.6 Å². The number of nitro groups is 1. The molecule has 0 radical (unpaired) electrons. The maximum Gasteiger partial charge on any atom is 0.339 e. The van der Waals surface area contributed by atoms with Crippen LogP contribution in [0.25, 0.3) is 0 Å². The molecule has 1 saturated carbocycles. The molecule has 2 bridgehead atoms. The molecule has 2 atom stereocenters. The molecule has 0 spiro atoms. The highest BCUT2D eigenvalue weighted by molar-refractivity contribution is 5.93. The first-order valence-electron chi connectivity index (χ1n) is 9.22. The van der Waals surface area contributed by atoms with E-state index in [1.165, 1.54) is 25.1 Å². The molecule has 1 aliphatic carbocycles. The molecular weight excluding hydrogens is 348 g/mol. The molecule has 7 heteroatoms. The Kier molecular flexibility index (Phi) is 4.74. The zero-order valence-electron chi connectivity index (χ0n) is 16.3. The maximum atomic E-state index is 12.7. The van der Waals surface area contributed by atoms with Crippen LogP contribution in [0.3, 0.4) is 0 Å². The van der Waals surface area contributed by atoms with Crippen LogP contribution in [0.4, 0.5) is 5.69 Å². The minimum absolute atomic E-state index is 0.114. The summed E-state index contributed by atoms with van der Waals surface area (Å²) in [7, 11) is 0. The van der Waals surface area contributed by atoms with E-state index >= 15 is 0 Å². The largest absolute Gasteiger partial charge is 0.452 e. The van der Waals surface area contributed by atoms with E-state index in [-0.39, 0.29) is 46.2 Å². The SMILES string of the molecule is Cc1c(C(=O)OCC(=O)N2CC3(C)CC2CC(C)(C)C3)cccc1[N+](=O)[O-]. The van der Waals surface area contributed by atoms with E-state index in [1.807, 2.05) is 4.90 Å². The molecule has 1 aromatic rings. The molecular formula is C20H26N2O5. The Labute approximate surface area is 158 Å². The lowest BCUT2D eigenvalue weighted by atomic mass is 9.65. The maximum absolute atomic E-state index is 12.7. The van der Waals surface area contributed by atoms with Gasteiger partial charge in [-0.2, -0.15) is 0 Å². The molecule has 2 aliphatic rings. The summed E-state index contributed by atoms with van der Waals surface area (Å²) in [6.45, 7) is 8.53. The van der Waals surface area contributed by atoms with Crippen LogP contribution in [0.5, 0.6) is 0 Å². The topological polar surface area (TPSA) is 89.8 Å². The van der Waals surface area contributed by atoms with Crippen molar-refractivity contribution in [2.45, 2.75) is 53.0 Å². The Morgan fingerprint density at radius 1 is 1.30 bits per heavy atom. The van der Waals surface area contributed by atoms with Gasteiger partial charge in [0.2, 0.25) is 0 Å². The van der Waals surface area contributed by atoms with Crippen molar-refractivity contribution in [3.63, 3.8) is 0 Å². The monoisotopic (exact) mass is 374 g/mol. The highest BCUT2D eigenvalue weighted by atomic mass is 16.6. The summed E-state index contributed by atoms with van der Waals surface area (Å²) >= 11 is 0. The molecule has 1 aliphatic heterocycles. The van der Waals surface area contributed by atoms with E-state index in [0.717, 1.165) is 19.3 Å². The van der Waals surface area contributed by atoms with Gasteiger partial charge in [-0.25, -0.2) is 4.79 Å². The van der Waals surface area contributed by atoms with Crippen molar-refractivity contribution < 1.29 is 19.2 Å². The van der Waals surface area contributed by atoms with Crippen molar-refractivity contribution in [1.29, 1.82) is 0 Å². The molecule has 1 heterocycles. The van der Waals surface area contributed by atoms with E-state index in [4.69, 9.17) is 4.74 Å². The summed E-state index contributed by atoms with van der Waals surface area (Å²) in [6, 6.07) is 4.44. The van der Waals surface area contributed by atoms with Crippen molar-refractivity contribution in [2.75, 3.05) is 13.2 Å². The number of nitro benzene ring substituents is 1. The molecule has 3 rings (SSSR count). The number of carbonyl (C=O) groups is 2. The average Bonchev–Trinajstić information content (AvgIpc) is 2.81. The Morgan fingerprint density at radius 3 is 2.67 bits per heavy atom. The predicted octanol–water partition coefficient (Wildman–Crippen LogP) is 3.49. The third-order valence-electron chi connectivity index (χ3n) is 5.78. The van der Waals surface area contributed by atoms with E-state index in [9.17, 15) is 19.7 Å². The Hall–Kier alpha value is -2.44. The number of carbonyl (C=O) groups excluding carboxylic acids is 2. The molecule has 2 fully saturated rings. The van der Waals surface area contributed by atoms with Gasteiger partial charge in [-0.3, -0.25) is 14.9 Å². The van der Waals surface area contributed by atoms with Gasteiger partial charge in [0.25, 0.3) is 11.6 Å². The molecule has 1 aromatic carbocycles. The number of nitrogens with zero attached hydrogens (tertiary/aromatic N) is 2. The van der Waals surface area contributed by atoms with Crippen LogP contribution < -0.4 is 0 Å². The second-order valence-electron chi connectivity index (χ2n) is 9.02. The molecule has 1 saturated heterocycles. The predicted molar refractivity (Wildman–Crippen MR) is 99.4 cm³/mol. The second kappa shape index (κ2) is 6.62. The first-order chi connectivity index (χ1) is 12.5. The quantitative estimate of drug-likeness (QED) is 0.457. The third kappa shape index (κ3) is 3.82. The molecule has 0 N–H and O–H groups in total. The number of hydrogen-bond acceptors (Lipinski definition) is 5. The van der Waals surface area contributed by atoms with E-state index < -0.39 is 10.9 Å². The number of hydrogen-bond donors (Lipinski definition) is 0. The zero-order valence-corrected chi connectivity index (χ0v) is 16.3. The first-order valence-corrected chi connectivity index (χ1v) is 9.22. The number of amides is 1. The number of ether oxygens (including phenoxy) is 1. The van der Waals surface area contributed by atoms with Gasteiger partial charge in [0.15, 0.2) is 6.61 Å². The van der Waals surface area contributed by atoms with Crippen molar-refractivity contribution in [3.05, 3.63) is 39.4 Å². The first kappa shape index (κ1) is 19.3. The number of esters is 1. The zero-order chi connectivity index (χ0) is 20.0. The Balaban J connectivity index is 1.66. The molecule has 1 amide bonds. The van der Waals surface area contributed by atoms with Gasteiger partial charge in [-0.15, -0.1) is 0 Å². The van der Waals surface area contributed by atoms with Crippen LogP contribution >= 0.6 is 0 Å². The van der Waals surface area contributed by atoms with Gasteiger partial charge in [0.05, 0.1) is 10.5 Å². The van der Waals surface area contributed by atoms with Crippen LogP contribution in [0.2, 0.25) is 0 Å². The lowest BCUT2D eigenvalue weighted by Gasteiger charge is -2.39. The van der Waals surface area contributed by atoms with Crippen LogP contribution in [0.1, 0.15) is 56.0 Å². The summed E-state index contributed by atoms with van der Waals surface area (Å²) < 4.78 is 5.20. The van der Waals surface area contributed by atoms with Gasteiger partial charge < -0.3 is 9.64 Å². The Bertz CT molecular complexity index is 804. The smallest absolute Gasteiger partial charge is 0.339 e. The van der Waals surface area contributed by atoms with E-state index in [2.05, 4.69) is 20.8 Å². The molecule has 2 unspecified atom stereocenters. The number of benzene rings is 1. The van der Waals surface area contributed by atoms with Gasteiger partial charge in [0, 0.05) is 24.2 Å². The van der Waals surface area contributed by atoms with E-state index in [1.54, 1.807) is 0 Å². The van der Waals surface area contributed by atoms with Crippen molar-refractivity contribution in [1.82, 2.24) is 4.90 Å². The fourth-order valence-electron chi connectivity index (χ4n) is 5.08. The summed E-state index contributed by atoms with van der Waals surface area (Å²) in [5.74, 6) is -0.906. The summed E-state index contributed by atoms with van der Waals surface area (Å²) in [4.78, 5) is 37.3. The minimum Gasteiger partial charge on any atom is -0.452 e. The van der Waals surface area contributed by atoms with Crippen molar-refractivity contribution in [2.24, 2.45) is 10.8 Å². The van der Waals surface area contributed by atoms with Crippen LogP contribution in [0, 0.1) is 27.9 Å². The second-order valence-corrected chi connectivity index (χ2v) is 9.02. The Morgan fingerprint density at radius 2 is 2.00 bits per heavy atom.